The molecule has 0 unspecified atom stereocenters. The summed E-state index contributed by atoms with van der Waals surface area (Å²) in [5, 5.41) is 0. The summed E-state index contributed by atoms with van der Waals surface area (Å²) in [4.78, 5) is 26.0. The van der Waals surface area contributed by atoms with Gasteiger partial charge in [0.15, 0.2) is 11.6 Å². The smallest absolute Gasteiger partial charge is 0.195 e. The van der Waals surface area contributed by atoms with Crippen LogP contribution in [0, 0.1) is 0 Å². The van der Waals surface area contributed by atoms with E-state index in [4.69, 9.17) is 11.6 Å². The van der Waals surface area contributed by atoms with Crippen molar-refractivity contribution in [2.45, 2.75) is 4.90 Å². The number of carbonyl (C=O) groups excluding carboxylic acids is 2. The molecule has 0 saturated carbocycles. The molecule has 0 amide bonds. The summed E-state index contributed by atoms with van der Waals surface area (Å²) in [5.41, 5.74) is 1.99. The Morgan fingerprint density at radius 2 is 1.50 bits per heavy atom. The number of thioether (sulfide) groups is 1. The van der Waals surface area contributed by atoms with Crippen LogP contribution in [0.5, 0.6) is 0 Å². The lowest BCUT2D eigenvalue weighted by atomic mass is 9.84. The molecule has 100 valence electrons. The van der Waals surface area contributed by atoms with Gasteiger partial charge in [-0.1, -0.05) is 36.4 Å². The van der Waals surface area contributed by atoms with Gasteiger partial charge >= 0.3 is 0 Å². The maximum absolute atomic E-state index is 12.6. The topological polar surface area (TPSA) is 34.1 Å². The molecule has 2 nitrogen and oxygen atoms in total. The highest BCUT2D eigenvalue weighted by Gasteiger charge is 2.31. The van der Waals surface area contributed by atoms with Crippen molar-refractivity contribution in [1.82, 2.24) is 0 Å². The average molecular weight is 303 g/mol. The van der Waals surface area contributed by atoms with Crippen molar-refractivity contribution < 1.29 is 9.59 Å². The second-order valence-corrected chi connectivity index (χ2v) is 5.93. The Morgan fingerprint density at radius 1 is 0.850 bits per heavy atom. The number of ketones is 2. The van der Waals surface area contributed by atoms with E-state index in [0.29, 0.717) is 33.9 Å². The fraction of sp³-hybridized carbons (Fsp3) is 0.125. The van der Waals surface area contributed by atoms with Crippen molar-refractivity contribution in [3.63, 3.8) is 0 Å². The third-order valence-corrected chi connectivity index (χ3v) is 4.72. The number of alkyl halides is 1. The van der Waals surface area contributed by atoms with E-state index in [1.54, 1.807) is 30.3 Å². The number of hydrogen-bond donors (Lipinski definition) is 0. The fourth-order valence-electron chi connectivity index (χ4n) is 2.38. The highest BCUT2D eigenvalue weighted by molar-refractivity contribution is 7.99. The van der Waals surface area contributed by atoms with E-state index in [1.807, 2.05) is 12.1 Å². The monoisotopic (exact) mass is 302 g/mol. The second kappa shape index (κ2) is 5.43. The zero-order chi connectivity index (χ0) is 14.1. The van der Waals surface area contributed by atoms with Crippen molar-refractivity contribution in [1.29, 1.82) is 0 Å². The molecule has 0 radical (unpaired) electrons. The minimum absolute atomic E-state index is 0.0760. The number of rotatable bonds is 3. The first-order chi connectivity index (χ1) is 9.74. The van der Waals surface area contributed by atoms with E-state index in [9.17, 15) is 9.59 Å². The average Bonchev–Trinajstić information content (AvgIpc) is 2.50. The Kier molecular flexibility index (Phi) is 3.64. The summed E-state index contributed by atoms with van der Waals surface area (Å²) in [6.45, 7) is 0. The van der Waals surface area contributed by atoms with Crippen LogP contribution in [0.1, 0.15) is 31.8 Å². The van der Waals surface area contributed by atoms with Crippen LogP contribution in [0.4, 0.5) is 0 Å². The highest BCUT2D eigenvalue weighted by atomic mass is 35.5. The van der Waals surface area contributed by atoms with Crippen LogP contribution in [0.2, 0.25) is 0 Å². The summed E-state index contributed by atoms with van der Waals surface area (Å²) in [5.74, 6) is 1.06. The van der Waals surface area contributed by atoms with Crippen LogP contribution < -0.4 is 0 Å². The Morgan fingerprint density at radius 3 is 2.20 bits per heavy atom. The quantitative estimate of drug-likeness (QED) is 0.545. The third kappa shape index (κ3) is 2.07. The van der Waals surface area contributed by atoms with Gasteiger partial charge in [0.1, 0.15) is 0 Å². The van der Waals surface area contributed by atoms with Crippen molar-refractivity contribution in [2.75, 3.05) is 11.6 Å². The van der Waals surface area contributed by atoms with Gasteiger partial charge in [0, 0.05) is 38.8 Å². The predicted molar refractivity (Wildman–Crippen MR) is 81.2 cm³/mol. The molecule has 0 aliphatic heterocycles. The lowest BCUT2D eigenvalue weighted by Crippen LogP contribution is -2.21. The minimum atomic E-state index is -0.0801. The molecule has 0 N–H and O–H groups in total. The van der Waals surface area contributed by atoms with Gasteiger partial charge in [-0.25, -0.2) is 0 Å². The molecule has 0 fully saturated rings. The van der Waals surface area contributed by atoms with E-state index in [-0.39, 0.29) is 11.6 Å². The first-order valence-corrected chi connectivity index (χ1v) is 7.76. The maximum atomic E-state index is 12.6. The molecule has 1 aliphatic rings. The first kappa shape index (κ1) is 13.4. The largest absolute Gasteiger partial charge is 0.289 e. The molecule has 0 spiro atoms. The molecule has 0 atom stereocenters. The number of halogens is 1. The summed E-state index contributed by atoms with van der Waals surface area (Å²) in [6.07, 6.45) is 0. The predicted octanol–water partition coefficient (Wildman–Crippen LogP) is 3.79. The zero-order valence-corrected chi connectivity index (χ0v) is 12.1. The van der Waals surface area contributed by atoms with E-state index >= 15 is 0 Å². The van der Waals surface area contributed by atoms with E-state index in [0.717, 1.165) is 4.90 Å². The molecule has 0 heterocycles. The highest BCUT2D eigenvalue weighted by Crippen LogP contribution is 2.33. The Balaban J connectivity index is 2.18. The normalized spacial score (nSPS) is 13.1. The molecule has 2 aromatic rings. The van der Waals surface area contributed by atoms with Crippen molar-refractivity contribution in [2.24, 2.45) is 0 Å². The van der Waals surface area contributed by atoms with Gasteiger partial charge in [0.25, 0.3) is 0 Å². The van der Waals surface area contributed by atoms with Crippen molar-refractivity contribution in [3.05, 3.63) is 64.7 Å². The van der Waals surface area contributed by atoms with Gasteiger partial charge in [0.05, 0.1) is 0 Å². The van der Waals surface area contributed by atoms with Gasteiger partial charge in [-0.15, -0.1) is 23.4 Å². The number of fused-ring (bicyclic) bond motifs is 2. The van der Waals surface area contributed by atoms with Gasteiger partial charge in [-0.05, 0) is 6.07 Å². The molecular formula is C16H11ClO2S. The summed E-state index contributed by atoms with van der Waals surface area (Å²) >= 11 is 7.22. The summed E-state index contributed by atoms with van der Waals surface area (Å²) < 4.78 is 0. The SMILES string of the molecule is O=C1c2ccccc2C(=O)c2c(SCCCl)cccc21. The van der Waals surface area contributed by atoms with E-state index < -0.39 is 0 Å². The van der Waals surface area contributed by atoms with Crippen LogP contribution in [0.15, 0.2) is 47.4 Å². The van der Waals surface area contributed by atoms with Gasteiger partial charge < -0.3 is 0 Å². The molecule has 1 aliphatic carbocycles. The first-order valence-electron chi connectivity index (χ1n) is 6.24. The maximum Gasteiger partial charge on any atom is 0.195 e. The lowest BCUT2D eigenvalue weighted by molar-refractivity contribution is 0.0977. The van der Waals surface area contributed by atoms with Crippen LogP contribution in [0.25, 0.3) is 0 Å². The van der Waals surface area contributed by atoms with Crippen LogP contribution in [-0.2, 0) is 0 Å². The molecule has 2 aromatic carbocycles. The Bertz CT molecular complexity index is 709. The fourth-order valence-corrected chi connectivity index (χ4v) is 3.43. The zero-order valence-electron chi connectivity index (χ0n) is 10.6. The van der Waals surface area contributed by atoms with Crippen molar-refractivity contribution >= 4 is 34.9 Å². The molecular weight excluding hydrogens is 292 g/mol. The molecule has 20 heavy (non-hydrogen) atoms. The number of carbonyl (C=O) groups is 2. The standard InChI is InChI=1S/C16H11ClO2S/c17-8-9-20-13-7-3-6-12-14(13)16(19)11-5-2-1-4-10(11)15(12)18/h1-7H,8-9H2. The summed E-state index contributed by atoms with van der Waals surface area (Å²) in [6, 6.07) is 12.4. The molecule has 4 heteroatoms. The number of benzene rings is 2. The lowest BCUT2D eigenvalue weighted by Gasteiger charge is -2.19. The Hall–Kier alpha value is -1.58. The van der Waals surface area contributed by atoms with E-state index in [2.05, 4.69) is 0 Å². The second-order valence-electron chi connectivity index (χ2n) is 4.42. The van der Waals surface area contributed by atoms with Crippen LogP contribution >= 0.6 is 23.4 Å². The molecule has 0 aromatic heterocycles. The van der Waals surface area contributed by atoms with Crippen LogP contribution in [-0.4, -0.2) is 23.2 Å². The third-order valence-electron chi connectivity index (χ3n) is 3.25. The number of hydrogen-bond acceptors (Lipinski definition) is 3. The van der Waals surface area contributed by atoms with Gasteiger partial charge in [-0.3, -0.25) is 9.59 Å². The Labute approximate surface area is 126 Å². The molecule has 0 bridgehead atoms. The van der Waals surface area contributed by atoms with Gasteiger partial charge in [-0.2, -0.15) is 0 Å². The minimum Gasteiger partial charge on any atom is -0.289 e. The molecule has 0 saturated heterocycles. The molecule has 3 rings (SSSR count). The van der Waals surface area contributed by atoms with Gasteiger partial charge in [0.2, 0.25) is 0 Å². The summed E-state index contributed by atoms with van der Waals surface area (Å²) in [7, 11) is 0. The van der Waals surface area contributed by atoms with E-state index in [1.165, 1.54) is 11.8 Å². The van der Waals surface area contributed by atoms with Crippen LogP contribution in [0.3, 0.4) is 0 Å². The van der Waals surface area contributed by atoms with Crippen molar-refractivity contribution in [3.8, 4) is 0 Å².